The summed E-state index contributed by atoms with van der Waals surface area (Å²) in [6.45, 7) is 13.8. The maximum Gasteiger partial charge on any atom is 0.257 e. The molecular weight excluding hydrogens is 515 g/mol. The average Bonchev–Trinajstić information content (AvgIpc) is 2.95. The summed E-state index contributed by atoms with van der Waals surface area (Å²) in [6, 6.07) is 10.0. The van der Waals surface area contributed by atoms with Gasteiger partial charge >= 0.3 is 0 Å². The van der Waals surface area contributed by atoms with Crippen molar-refractivity contribution in [2.75, 3.05) is 11.9 Å². The van der Waals surface area contributed by atoms with Gasteiger partial charge in [0.05, 0.1) is 23.7 Å². The van der Waals surface area contributed by atoms with E-state index in [2.05, 4.69) is 81.6 Å². The molecule has 0 radical (unpaired) electrons. The van der Waals surface area contributed by atoms with Gasteiger partial charge in [-0.15, -0.1) is 0 Å². The molecule has 0 spiro atoms. The number of aryl methyl sites for hydroxylation is 1. The van der Waals surface area contributed by atoms with Gasteiger partial charge in [-0.25, -0.2) is 4.98 Å². The van der Waals surface area contributed by atoms with E-state index in [-0.39, 0.29) is 17.7 Å². The Morgan fingerprint density at radius 2 is 1.98 bits per heavy atom. The van der Waals surface area contributed by atoms with Gasteiger partial charge in [0.15, 0.2) is 0 Å². The van der Waals surface area contributed by atoms with Crippen molar-refractivity contribution in [1.29, 1.82) is 0 Å². The highest BCUT2D eigenvalue weighted by Crippen LogP contribution is 2.39. The summed E-state index contributed by atoms with van der Waals surface area (Å²) < 4.78 is 5.57. The van der Waals surface area contributed by atoms with Crippen molar-refractivity contribution in [3.8, 4) is 5.88 Å². The van der Waals surface area contributed by atoms with Gasteiger partial charge < -0.3 is 10.1 Å². The molecule has 1 amide bonds. The highest BCUT2D eigenvalue weighted by molar-refractivity contribution is 7.45. The number of ether oxygens (including phenoxy) is 1. The maximum absolute atomic E-state index is 12.9. The van der Waals surface area contributed by atoms with Crippen molar-refractivity contribution in [1.82, 2.24) is 10.3 Å². The minimum atomic E-state index is -0.161. The Morgan fingerprint density at radius 3 is 2.73 bits per heavy atom. The number of unbranched alkanes of at least 4 members (excludes halogenated alkanes) is 1. The molecule has 216 valence electrons. The van der Waals surface area contributed by atoms with E-state index in [4.69, 9.17) is 9.73 Å². The Hall–Kier alpha value is -2.82. The normalized spacial score (nSPS) is 19.6. The molecule has 1 aromatic heterocycles. The smallest absolute Gasteiger partial charge is 0.257 e. The van der Waals surface area contributed by atoms with E-state index in [0.717, 1.165) is 54.6 Å². The largest absolute Gasteiger partial charge is 0.477 e. The summed E-state index contributed by atoms with van der Waals surface area (Å²) in [6.07, 6.45) is 14.6. The molecule has 40 heavy (non-hydrogen) atoms. The minimum Gasteiger partial charge on any atom is -0.477 e. The molecule has 6 nitrogen and oxygen atoms in total. The zero-order valence-corrected chi connectivity index (χ0v) is 26.1. The first-order valence-electron chi connectivity index (χ1n) is 14.8. The number of carbonyl (C=O) groups is 1. The lowest BCUT2D eigenvalue weighted by molar-refractivity contribution is 0.102. The summed E-state index contributed by atoms with van der Waals surface area (Å²) >= 11 is 0. The van der Waals surface area contributed by atoms with Crippen molar-refractivity contribution >= 4 is 26.4 Å². The van der Waals surface area contributed by atoms with E-state index >= 15 is 0 Å². The van der Waals surface area contributed by atoms with Crippen molar-refractivity contribution in [3.63, 3.8) is 0 Å². The lowest BCUT2D eigenvalue weighted by Crippen LogP contribution is -2.30. The van der Waals surface area contributed by atoms with Crippen LogP contribution in [0.3, 0.4) is 0 Å². The third kappa shape index (κ3) is 9.67. The molecule has 7 heteroatoms. The third-order valence-electron chi connectivity index (χ3n) is 6.46. The van der Waals surface area contributed by atoms with Crippen LogP contribution >= 0.6 is 8.58 Å². The van der Waals surface area contributed by atoms with Gasteiger partial charge in [-0.1, -0.05) is 80.3 Å². The van der Waals surface area contributed by atoms with Crippen LogP contribution in [0.1, 0.15) is 101 Å². The summed E-state index contributed by atoms with van der Waals surface area (Å²) in [4.78, 5) is 22.1. The molecular formula is C33H47N4O2P. The number of rotatable bonds is 9. The van der Waals surface area contributed by atoms with E-state index < -0.39 is 0 Å². The van der Waals surface area contributed by atoms with Crippen LogP contribution in [0, 0.1) is 5.92 Å². The fraction of sp³-hybridized carbons (Fsp3) is 0.485. The number of pyridine rings is 1. The van der Waals surface area contributed by atoms with Crippen LogP contribution in [0.2, 0.25) is 0 Å². The number of carbonyl (C=O) groups excluding carboxylic acids is 1. The number of nitrogens with one attached hydrogen (secondary N) is 2. The molecule has 3 heterocycles. The van der Waals surface area contributed by atoms with Gasteiger partial charge in [0, 0.05) is 29.7 Å². The van der Waals surface area contributed by atoms with Crippen LogP contribution in [-0.4, -0.2) is 29.5 Å². The molecule has 2 aliphatic heterocycles. The molecule has 0 saturated heterocycles. The predicted molar refractivity (Wildman–Crippen MR) is 171 cm³/mol. The molecule has 4 rings (SSSR count). The Labute approximate surface area is 243 Å². The molecule has 2 aromatic rings. The number of allylic oxidation sites excluding steroid dienone is 3. The first kappa shape index (κ1) is 31.7. The highest BCUT2D eigenvalue weighted by Gasteiger charge is 2.20. The molecule has 2 N–H and O–H groups in total. The van der Waals surface area contributed by atoms with Gasteiger partial charge in [0.25, 0.3) is 5.91 Å². The fourth-order valence-corrected chi connectivity index (χ4v) is 5.73. The average molecular weight is 563 g/mol. The Bertz CT molecular complexity index is 1200. The van der Waals surface area contributed by atoms with Crippen LogP contribution in [0.4, 0.5) is 5.69 Å². The zero-order valence-electron chi connectivity index (χ0n) is 25.1. The van der Waals surface area contributed by atoms with Gasteiger partial charge in [0.2, 0.25) is 5.88 Å². The fourth-order valence-electron chi connectivity index (χ4n) is 4.37. The van der Waals surface area contributed by atoms with Crippen LogP contribution in [0.25, 0.3) is 0 Å². The van der Waals surface area contributed by atoms with E-state index in [1.165, 1.54) is 11.7 Å². The summed E-state index contributed by atoms with van der Waals surface area (Å²) in [7, 11) is 0.635. The second-order valence-corrected chi connectivity index (χ2v) is 12.3. The van der Waals surface area contributed by atoms with E-state index in [9.17, 15) is 4.79 Å². The van der Waals surface area contributed by atoms with Crippen molar-refractivity contribution in [2.45, 2.75) is 91.9 Å². The SMILES string of the molecule is CCC.CCC/C=C1/N=CC(NC(C)c2cccc(NC(=O)c3cnc4c(c3)CCCO4)c2)P/C1=C\CC(C)C. The van der Waals surface area contributed by atoms with Crippen LogP contribution in [0.15, 0.2) is 64.7 Å². The number of hydrogen-bond donors (Lipinski definition) is 2. The molecule has 0 saturated carbocycles. The third-order valence-corrected chi connectivity index (χ3v) is 7.86. The maximum atomic E-state index is 12.9. The van der Waals surface area contributed by atoms with Crippen LogP contribution < -0.4 is 15.4 Å². The topological polar surface area (TPSA) is 75.6 Å². The van der Waals surface area contributed by atoms with Crippen LogP contribution in [0.5, 0.6) is 5.88 Å². The Kier molecular flexibility index (Phi) is 13.0. The highest BCUT2D eigenvalue weighted by atomic mass is 31.1. The quantitative estimate of drug-likeness (QED) is 0.301. The minimum absolute atomic E-state index is 0.107. The summed E-state index contributed by atoms with van der Waals surface area (Å²) in [5.74, 6) is 1.30. The number of amides is 1. The van der Waals surface area contributed by atoms with Gasteiger partial charge in [0.1, 0.15) is 0 Å². The van der Waals surface area contributed by atoms with Crippen LogP contribution in [-0.2, 0) is 6.42 Å². The van der Waals surface area contributed by atoms with Crippen molar-refractivity contribution in [2.24, 2.45) is 10.9 Å². The molecule has 1 aromatic carbocycles. The number of aliphatic imine (C=N–C) groups is 1. The van der Waals surface area contributed by atoms with E-state index in [0.29, 0.717) is 32.5 Å². The van der Waals surface area contributed by atoms with Crippen molar-refractivity contribution < 1.29 is 9.53 Å². The standard InChI is InChI=1S/C30H39N4O2P.C3H8/c1-5-6-12-26-27(14-13-20(2)3)37-28(19-31-26)33-21(4)22-9-7-11-25(17-22)34-29(35)24-16-23-10-8-15-36-30(23)32-18-24;1-3-2/h7,9,11-12,14,16-21,28,33,37H,5-6,8,10,13,15H2,1-4H3,(H,34,35);3H2,1-2H3/b26-12+,27-14-;. The first-order valence-corrected chi connectivity index (χ1v) is 15.9. The predicted octanol–water partition coefficient (Wildman–Crippen LogP) is 8.43. The van der Waals surface area contributed by atoms with Gasteiger partial charge in [-0.2, -0.15) is 0 Å². The molecule has 3 unspecified atom stereocenters. The van der Waals surface area contributed by atoms with Crippen molar-refractivity contribution in [3.05, 3.63) is 76.4 Å². The lowest BCUT2D eigenvalue weighted by Gasteiger charge is -2.26. The molecule has 0 fully saturated rings. The second kappa shape index (κ2) is 16.4. The zero-order chi connectivity index (χ0) is 28.9. The Morgan fingerprint density at radius 1 is 1.18 bits per heavy atom. The number of fused-ring (bicyclic) bond motifs is 1. The summed E-state index contributed by atoms with van der Waals surface area (Å²) in [5, 5.41) is 8.13. The lowest BCUT2D eigenvalue weighted by atomic mass is 10.1. The van der Waals surface area contributed by atoms with Gasteiger partial charge in [-0.05, 0) is 67.6 Å². The monoisotopic (exact) mass is 562 g/mol. The molecule has 0 aliphatic carbocycles. The molecule has 2 aliphatic rings. The summed E-state index contributed by atoms with van der Waals surface area (Å²) in [5.41, 5.74) is 4.57. The van der Waals surface area contributed by atoms with E-state index in [1.54, 1.807) is 6.20 Å². The number of nitrogens with zero attached hydrogens (tertiary/aromatic N) is 2. The first-order chi connectivity index (χ1) is 19.3. The number of hydrogen-bond acceptors (Lipinski definition) is 5. The number of benzene rings is 1. The number of anilines is 1. The Balaban J connectivity index is 0.00000141. The van der Waals surface area contributed by atoms with Gasteiger partial charge in [-0.3, -0.25) is 15.1 Å². The molecule has 3 atom stereocenters. The van der Waals surface area contributed by atoms with E-state index in [1.807, 2.05) is 24.3 Å². The second-order valence-electron chi connectivity index (χ2n) is 10.8. The number of aromatic nitrogens is 1. The molecule has 0 bridgehead atoms.